The van der Waals surface area contributed by atoms with E-state index in [4.69, 9.17) is 9.47 Å². The van der Waals surface area contributed by atoms with Gasteiger partial charge in [-0.15, -0.1) is 0 Å². The Labute approximate surface area is 174 Å². The quantitative estimate of drug-likeness (QED) is 0.697. The molecule has 8 heteroatoms. The topological polar surface area (TPSA) is 85.7 Å². The van der Waals surface area contributed by atoms with Gasteiger partial charge in [-0.1, -0.05) is 24.3 Å². The Morgan fingerprint density at radius 1 is 1.17 bits per heavy atom. The van der Waals surface area contributed by atoms with Crippen LogP contribution in [0.25, 0.3) is 10.8 Å². The highest BCUT2D eigenvalue weighted by Gasteiger charge is 2.19. The lowest BCUT2D eigenvalue weighted by Gasteiger charge is -2.29. The van der Waals surface area contributed by atoms with E-state index in [1.54, 1.807) is 19.2 Å². The van der Waals surface area contributed by atoms with Crippen molar-refractivity contribution in [2.45, 2.75) is 13.5 Å². The number of hydrogen-bond acceptors (Lipinski definition) is 6. The summed E-state index contributed by atoms with van der Waals surface area (Å²) in [4.78, 5) is 27.8. The molecular weight excluding hydrogens is 384 g/mol. The second kappa shape index (κ2) is 8.54. The molecule has 2 aromatic carbocycles. The fraction of sp³-hybridized carbons (Fsp3) is 0.318. The molecule has 1 fully saturated rings. The fourth-order valence-corrected chi connectivity index (χ4v) is 3.58. The largest absolute Gasteiger partial charge is 0.495 e. The van der Waals surface area contributed by atoms with Gasteiger partial charge in [0.05, 0.1) is 31.4 Å². The van der Waals surface area contributed by atoms with Crippen LogP contribution in [0.15, 0.2) is 47.3 Å². The Bertz CT molecular complexity index is 1140. The fourth-order valence-electron chi connectivity index (χ4n) is 3.58. The summed E-state index contributed by atoms with van der Waals surface area (Å²) in [6.07, 6.45) is 0. The molecule has 3 aromatic rings. The van der Waals surface area contributed by atoms with Gasteiger partial charge in [-0.25, -0.2) is 4.68 Å². The van der Waals surface area contributed by atoms with Crippen molar-refractivity contribution in [3.8, 4) is 5.75 Å². The van der Waals surface area contributed by atoms with Crippen LogP contribution in [0.4, 0.5) is 11.5 Å². The molecule has 8 nitrogen and oxygen atoms in total. The van der Waals surface area contributed by atoms with Crippen molar-refractivity contribution in [3.05, 3.63) is 58.4 Å². The molecule has 156 valence electrons. The predicted molar refractivity (Wildman–Crippen MR) is 115 cm³/mol. The van der Waals surface area contributed by atoms with Gasteiger partial charge >= 0.3 is 0 Å². The zero-order valence-electron chi connectivity index (χ0n) is 17.1. The second-order valence-corrected chi connectivity index (χ2v) is 7.18. The maximum atomic E-state index is 13.0. The number of benzene rings is 2. The van der Waals surface area contributed by atoms with Gasteiger partial charge in [-0.3, -0.25) is 9.59 Å². The third-order valence-corrected chi connectivity index (χ3v) is 5.08. The number of nitrogens with one attached hydrogen (secondary N) is 1. The van der Waals surface area contributed by atoms with E-state index < -0.39 is 0 Å². The first-order valence-corrected chi connectivity index (χ1v) is 9.84. The molecule has 0 bridgehead atoms. The lowest BCUT2D eigenvalue weighted by molar-refractivity contribution is -0.117. The number of rotatable bonds is 5. The monoisotopic (exact) mass is 408 g/mol. The standard InChI is InChI=1S/C22H24N4O4/c1-15-7-8-19(29-2)18(13-15)23-20(27)14-26-22(28)17-6-4-3-5-16(17)21(24-26)25-9-11-30-12-10-25/h3-8,13H,9-12,14H2,1-2H3,(H,23,27). The van der Waals surface area contributed by atoms with Gasteiger partial charge in [0.1, 0.15) is 12.3 Å². The minimum Gasteiger partial charge on any atom is -0.495 e. The minimum absolute atomic E-state index is 0.196. The molecule has 0 spiro atoms. The molecule has 1 aliphatic heterocycles. The van der Waals surface area contributed by atoms with Crippen molar-refractivity contribution in [1.29, 1.82) is 0 Å². The van der Waals surface area contributed by atoms with Crippen LogP contribution in [-0.4, -0.2) is 49.1 Å². The number of amides is 1. The summed E-state index contributed by atoms with van der Waals surface area (Å²) in [6.45, 7) is 4.30. The van der Waals surface area contributed by atoms with Crippen LogP contribution in [0.3, 0.4) is 0 Å². The molecule has 0 aliphatic carbocycles. The number of carbonyl (C=O) groups excluding carboxylic acids is 1. The van der Waals surface area contributed by atoms with E-state index in [9.17, 15) is 9.59 Å². The van der Waals surface area contributed by atoms with Crippen molar-refractivity contribution < 1.29 is 14.3 Å². The molecule has 0 unspecified atom stereocenters. The van der Waals surface area contributed by atoms with E-state index in [1.807, 2.05) is 37.3 Å². The van der Waals surface area contributed by atoms with Crippen molar-refractivity contribution in [1.82, 2.24) is 9.78 Å². The number of ether oxygens (including phenoxy) is 2. The van der Waals surface area contributed by atoms with E-state index in [2.05, 4.69) is 15.3 Å². The Balaban J connectivity index is 1.67. The van der Waals surface area contributed by atoms with E-state index in [-0.39, 0.29) is 18.0 Å². The number of morpholine rings is 1. The molecule has 1 N–H and O–H groups in total. The SMILES string of the molecule is COc1ccc(C)cc1NC(=O)Cn1nc(N2CCOCC2)c2ccccc2c1=O. The van der Waals surface area contributed by atoms with Gasteiger partial charge in [0.2, 0.25) is 5.91 Å². The lowest BCUT2D eigenvalue weighted by atomic mass is 10.1. The number of methoxy groups -OCH3 is 1. The van der Waals surface area contributed by atoms with Crippen LogP contribution in [-0.2, 0) is 16.1 Å². The molecule has 0 radical (unpaired) electrons. The molecule has 1 saturated heterocycles. The maximum Gasteiger partial charge on any atom is 0.275 e. The van der Waals surface area contributed by atoms with Crippen molar-refractivity contribution in [2.75, 3.05) is 43.6 Å². The Hall–Kier alpha value is -3.39. The van der Waals surface area contributed by atoms with Gasteiger partial charge in [0, 0.05) is 18.5 Å². The van der Waals surface area contributed by atoms with Crippen LogP contribution in [0.2, 0.25) is 0 Å². The highest BCUT2D eigenvalue weighted by molar-refractivity contribution is 5.94. The third kappa shape index (κ3) is 3.99. The summed E-state index contributed by atoms with van der Waals surface area (Å²) in [6, 6.07) is 12.9. The summed E-state index contributed by atoms with van der Waals surface area (Å²) in [5, 5.41) is 8.69. The smallest absolute Gasteiger partial charge is 0.275 e. The second-order valence-electron chi connectivity index (χ2n) is 7.18. The highest BCUT2D eigenvalue weighted by Crippen LogP contribution is 2.25. The first kappa shape index (κ1) is 19.9. The molecule has 2 heterocycles. The first-order chi connectivity index (χ1) is 14.6. The predicted octanol–water partition coefficient (Wildman–Crippen LogP) is 2.19. The molecule has 1 amide bonds. The number of anilines is 2. The van der Waals surface area contributed by atoms with Crippen molar-refractivity contribution in [3.63, 3.8) is 0 Å². The average Bonchev–Trinajstić information content (AvgIpc) is 2.76. The van der Waals surface area contributed by atoms with Gasteiger partial charge in [0.15, 0.2) is 5.82 Å². The highest BCUT2D eigenvalue weighted by atomic mass is 16.5. The van der Waals surface area contributed by atoms with E-state index >= 15 is 0 Å². The molecular formula is C22H24N4O4. The summed E-state index contributed by atoms with van der Waals surface area (Å²) >= 11 is 0. The summed E-state index contributed by atoms with van der Waals surface area (Å²) in [7, 11) is 1.55. The van der Waals surface area contributed by atoms with Crippen LogP contribution in [0.1, 0.15) is 5.56 Å². The summed E-state index contributed by atoms with van der Waals surface area (Å²) in [5.74, 6) is 0.896. The molecule has 0 saturated carbocycles. The number of carbonyl (C=O) groups is 1. The Kier molecular flexibility index (Phi) is 5.67. The number of aryl methyl sites for hydroxylation is 1. The number of aromatic nitrogens is 2. The molecule has 1 aliphatic rings. The third-order valence-electron chi connectivity index (χ3n) is 5.08. The number of nitrogens with zero attached hydrogens (tertiary/aromatic N) is 3. The van der Waals surface area contributed by atoms with Gasteiger partial charge in [0.25, 0.3) is 5.56 Å². The average molecular weight is 408 g/mol. The maximum absolute atomic E-state index is 13.0. The minimum atomic E-state index is -0.350. The molecule has 1 aromatic heterocycles. The molecule has 4 rings (SSSR count). The van der Waals surface area contributed by atoms with Crippen LogP contribution < -0.4 is 20.5 Å². The Morgan fingerprint density at radius 2 is 1.90 bits per heavy atom. The molecule has 30 heavy (non-hydrogen) atoms. The first-order valence-electron chi connectivity index (χ1n) is 9.84. The number of hydrogen-bond donors (Lipinski definition) is 1. The summed E-state index contributed by atoms with van der Waals surface area (Å²) < 4.78 is 12.0. The number of fused-ring (bicyclic) bond motifs is 1. The van der Waals surface area contributed by atoms with E-state index in [1.165, 1.54) is 4.68 Å². The van der Waals surface area contributed by atoms with E-state index in [0.29, 0.717) is 48.9 Å². The van der Waals surface area contributed by atoms with E-state index in [0.717, 1.165) is 10.9 Å². The zero-order valence-corrected chi connectivity index (χ0v) is 17.1. The lowest BCUT2D eigenvalue weighted by Crippen LogP contribution is -2.39. The van der Waals surface area contributed by atoms with Crippen LogP contribution in [0, 0.1) is 6.92 Å². The van der Waals surface area contributed by atoms with Crippen molar-refractivity contribution >= 4 is 28.2 Å². The normalized spacial score (nSPS) is 14.0. The van der Waals surface area contributed by atoms with Crippen LogP contribution >= 0.6 is 0 Å². The van der Waals surface area contributed by atoms with Gasteiger partial charge < -0.3 is 19.7 Å². The van der Waals surface area contributed by atoms with Crippen molar-refractivity contribution in [2.24, 2.45) is 0 Å². The summed E-state index contributed by atoms with van der Waals surface area (Å²) in [5.41, 5.74) is 1.25. The van der Waals surface area contributed by atoms with Crippen LogP contribution in [0.5, 0.6) is 5.75 Å². The Morgan fingerprint density at radius 3 is 2.63 bits per heavy atom. The molecule has 0 atom stereocenters. The van der Waals surface area contributed by atoms with Gasteiger partial charge in [-0.05, 0) is 30.7 Å². The van der Waals surface area contributed by atoms with Gasteiger partial charge in [-0.2, -0.15) is 5.10 Å². The zero-order chi connectivity index (χ0) is 21.1.